The average molecular weight is 714 g/mol. The van der Waals surface area contributed by atoms with Gasteiger partial charge in [-0.05, 0) is 76.6 Å². The van der Waals surface area contributed by atoms with Gasteiger partial charge in [-0.25, -0.2) is 0 Å². The summed E-state index contributed by atoms with van der Waals surface area (Å²) in [4.78, 5) is 80.5. The third-order valence-electron chi connectivity index (χ3n) is 8.36. The normalized spacial score (nSPS) is 12.8. The standard InChI is InChI=1S/C36H29BrN2O9/c1-35(2,3)47-23(41)13-38-31(43)17-10-8-16-28-22(40)12-20-26-18(32(44)39(34(20)46)14-24(42)48-36(4,5)6)9-7-15(30(26)28)27-21(37)11-19(33(38)45)25(17)29(16)27/h7-12,45H,13-14H2,1-6H3. The number of hydrogen-bond acceptors (Lipinski definition) is 9. The lowest BCUT2D eigenvalue weighted by Crippen LogP contribution is -2.39. The number of aromatic nitrogens is 2. The first-order valence-corrected chi connectivity index (χ1v) is 16.0. The van der Waals surface area contributed by atoms with Crippen molar-refractivity contribution in [2.45, 2.75) is 65.8 Å². The highest BCUT2D eigenvalue weighted by atomic mass is 79.9. The topological polar surface area (TPSA) is 151 Å². The second kappa shape index (κ2) is 10.2. The highest BCUT2D eigenvalue weighted by Crippen LogP contribution is 2.48. The number of esters is 2. The smallest absolute Gasteiger partial charge is 0.326 e. The molecule has 0 saturated carbocycles. The summed E-state index contributed by atoms with van der Waals surface area (Å²) >= 11 is 3.64. The largest absolute Gasteiger partial charge is 0.494 e. The third-order valence-corrected chi connectivity index (χ3v) is 8.98. The van der Waals surface area contributed by atoms with E-state index in [0.29, 0.717) is 36.8 Å². The van der Waals surface area contributed by atoms with Gasteiger partial charge in [-0.3, -0.25) is 37.9 Å². The number of fused-ring (bicyclic) bond motifs is 2. The number of halogens is 1. The van der Waals surface area contributed by atoms with E-state index in [4.69, 9.17) is 9.47 Å². The summed E-state index contributed by atoms with van der Waals surface area (Å²) in [7, 11) is 0. The molecule has 12 heteroatoms. The number of nitrogens with zero attached hydrogens (tertiary/aromatic N) is 2. The Morgan fingerprint density at radius 3 is 1.77 bits per heavy atom. The maximum atomic E-state index is 14.0. The number of hydrogen-bond donors (Lipinski definition) is 1. The van der Waals surface area contributed by atoms with Crippen LogP contribution < -0.4 is 22.1 Å². The lowest BCUT2D eigenvalue weighted by atomic mass is 9.83. The minimum Gasteiger partial charge on any atom is -0.494 e. The van der Waals surface area contributed by atoms with Gasteiger partial charge in [-0.1, -0.05) is 28.1 Å². The van der Waals surface area contributed by atoms with Crippen LogP contribution in [0.3, 0.4) is 0 Å². The Labute approximate surface area is 279 Å². The van der Waals surface area contributed by atoms with E-state index < -0.39 is 64.2 Å². The Morgan fingerprint density at radius 2 is 1.17 bits per heavy atom. The zero-order chi connectivity index (χ0) is 34.8. The van der Waals surface area contributed by atoms with E-state index in [0.717, 1.165) is 9.13 Å². The van der Waals surface area contributed by atoms with Crippen molar-refractivity contribution in [1.82, 2.24) is 9.13 Å². The molecular formula is C36H29BrN2O9. The van der Waals surface area contributed by atoms with Crippen molar-refractivity contribution in [2.75, 3.05) is 0 Å². The van der Waals surface area contributed by atoms with Gasteiger partial charge >= 0.3 is 11.9 Å². The van der Waals surface area contributed by atoms with Gasteiger partial charge < -0.3 is 14.6 Å². The molecule has 11 nitrogen and oxygen atoms in total. The van der Waals surface area contributed by atoms with Gasteiger partial charge in [0.15, 0.2) is 5.43 Å². The van der Waals surface area contributed by atoms with Crippen molar-refractivity contribution < 1.29 is 24.2 Å². The first kappa shape index (κ1) is 31.5. The zero-order valence-corrected chi connectivity index (χ0v) is 28.4. The molecule has 2 aliphatic rings. The molecule has 0 saturated heterocycles. The number of ether oxygens (including phenoxy) is 2. The summed E-state index contributed by atoms with van der Waals surface area (Å²) in [6.45, 7) is 8.98. The van der Waals surface area contributed by atoms with Gasteiger partial charge in [-0.15, -0.1) is 0 Å². The lowest BCUT2D eigenvalue weighted by Gasteiger charge is -2.23. The Hall–Kier alpha value is -5.10. The number of aromatic hydroxyl groups is 1. The Kier molecular flexibility index (Phi) is 6.69. The number of carbonyl (C=O) groups excluding carboxylic acids is 2. The van der Waals surface area contributed by atoms with Gasteiger partial charge in [0.05, 0.1) is 5.56 Å². The van der Waals surface area contributed by atoms with E-state index in [9.17, 15) is 33.9 Å². The van der Waals surface area contributed by atoms with Crippen LogP contribution in [0, 0.1) is 0 Å². The van der Waals surface area contributed by atoms with Gasteiger partial charge in [0.2, 0.25) is 5.88 Å². The molecule has 1 aliphatic heterocycles. The van der Waals surface area contributed by atoms with E-state index in [1.165, 1.54) is 12.1 Å². The second-order valence-corrected chi connectivity index (χ2v) is 14.8. The van der Waals surface area contributed by atoms with Gasteiger partial charge in [0.25, 0.3) is 16.7 Å². The molecule has 0 unspecified atom stereocenters. The fourth-order valence-corrected chi connectivity index (χ4v) is 7.43. The minimum absolute atomic E-state index is 0.0112. The molecule has 1 aliphatic carbocycles. The van der Waals surface area contributed by atoms with Crippen LogP contribution in [0.5, 0.6) is 5.88 Å². The van der Waals surface area contributed by atoms with Crippen LogP contribution in [0.15, 0.2) is 60.0 Å². The average Bonchev–Trinajstić information content (AvgIpc) is 2.97. The van der Waals surface area contributed by atoms with E-state index in [2.05, 4.69) is 15.9 Å². The van der Waals surface area contributed by atoms with Gasteiger partial charge in [-0.2, -0.15) is 0 Å². The molecule has 1 N–H and O–H groups in total. The second-order valence-electron chi connectivity index (χ2n) is 14.0. The third kappa shape index (κ3) is 4.61. The predicted octanol–water partition coefficient (Wildman–Crippen LogP) is 5.07. The lowest BCUT2D eigenvalue weighted by molar-refractivity contribution is -0.156. The Morgan fingerprint density at radius 1 is 0.646 bits per heavy atom. The monoisotopic (exact) mass is 712 g/mol. The first-order valence-electron chi connectivity index (χ1n) is 15.2. The first-order chi connectivity index (χ1) is 22.4. The quantitative estimate of drug-likeness (QED) is 0.150. The van der Waals surface area contributed by atoms with Crippen LogP contribution in [0.4, 0.5) is 0 Å². The molecule has 2 heterocycles. The number of rotatable bonds is 4. The van der Waals surface area contributed by atoms with Crippen LogP contribution >= 0.6 is 15.9 Å². The summed E-state index contributed by atoms with van der Waals surface area (Å²) in [6, 6.07) is 9.19. The Balaban J connectivity index is 1.57. The van der Waals surface area contributed by atoms with Crippen LogP contribution in [-0.2, 0) is 32.2 Å². The SMILES string of the molecule is CC(C)(C)OC(=O)Cn1c(O)c2cc(Br)c3c4ccc5c6c4c(c(=O)cc-6c(=O)n(CC(=O)OC(C)(C)C)c5=O)c4ccc(c1=O)c2c43. The van der Waals surface area contributed by atoms with Crippen molar-refractivity contribution in [3.8, 4) is 17.0 Å². The fourth-order valence-electron chi connectivity index (χ4n) is 6.79. The number of carbonyl (C=O) groups is 2. The summed E-state index contributed by atoms with van der Waals surface area (Å²) in [5.41, 5.74) is -3.96. The van der Waals surface area contributed by atoms with Crippen molar-refractivity contribution >= 4 is 81.7 Å². The maximum Gasteiger partial charge on any atom is 0.326 e. The molecule has 4 aromatic carbocycles. The number of pyridine rings is 2. The van der Waals surface area contributed by atoms with Crippen molar-refractivity contribution in [3.05, 3.63) is 82.2 Å². The zero-order valence-electron chi connectivity index (χ0n) is 26.9. The van der Waals surface area contributed by atoms with Crippen molar-refractivity contribution in [2.24, 2.45) is 0 Å². The molecule has 5 aromatic rings. The van der Waals surface area contributed by atoms with Crippen LogP contribution in [0.25, 0.3) is 65.0 Å². The molecule has 0 amide bonds. The van der Waals surface area contributed by atoms with Gasteiger partial charge in [0.1, 0.15) is 24.3 Å². The minimum atomic E-state index is -0.836. The highest BCUT2D eigenvalue weighted by Gasteiger charge is 2.30. The molecule has 7 rings (SSSR count). The van der Waals surface area contributed by atoms with Crippen molar-refractivity contribution in [3.63, 3.8) is 0 Å². The summed E-state index contributed by atoms with van der Waals surface area (Å²) in [6.07, 6.45) is 0. The van der Waals surface area contributed by atoms with E-state index in [1.54, 1.807) is 65.8 Å². The maximum absolute atomic E-state index is 14.0. The molecule has 0 bridgehead atoms. The molecule has 0 radical (unpaired) electrons. The van der Waals surface area contributed by atoms with E-state index >= 15 is 0 Å². The molecule has 0 fully saturated rings. The summed E-state index contributed by atoms with van der Waals surface area (Å²) in [5, 5.41) is 15.1. The molecular weight excluding hydrogens is 684 g/mol. The van der Waals surface area contributed by atoms with E-state index in [1.807, 2.05) is 0 Å². The summed E-state index contributed by atoms with van der Waals surface area (Å²) in [5.74, 6) is -1.91. The van der Waals surface area contributed by atoms with Crippen LogP contribution in [0.2, 0.25) is 0 Å². The molecule has 0 atom stereocenters. The van der Waals surface area contributed by atoms with E-state index in [-0.39, 0.29) is 32.7 Å². The number of benzene rings is 5. The van der Waals surface area contributed by atoms with Gasteiger partial charge in [0, 0.05) is 53.1 Å². The Bertz CT molecular complexity index is 2730. The molecule has 0 spiro atoms. The predicted molar refractivity (Wildman–Crippen MR) is 186 cm³/mol. The molecule has 48 heavy (non-hydrogen) atoms. The molecule has 244 valence electrons. The molecule has 1 aromatic heterocycles. The fraction of sp³-hybridized carbons (Fsp3) is 0.278. The highest BCUT2D eigenvalue weighted by molar-refractivity contribution is 9.10. The van der Waals surface area contributed by atoms with Crippen molar-refractivity contribution in [1.29, 1.82) is 0 Å². The van der Waals surface area contributed by atoms with Crippen LogP contribution in [0.1, 0.15) is 41.5 Å². The van der Waals surface area contributed by atoms with Crippen LogP contribution in [-0.4, -0.2) is 37.4 Å². The summed E-state index contributed by atoms with van der Waals surface area (Å²) < 4.78 is 13.0.